The minimum Gasteiger partial charge on any atom is -0.206 e. The van der Waals surface area contributed by atoms with Crippen LogP contribution < -0.4 is 0 Å². The zero-order chi connectivity index (χ0) is 8.97. The number of hydrogen-bond donors (Lipinski definition) is 1. The van der Waals surface area contributed by atoms with Crippen molar-refractivity contribution in [3.8, 4) is 0 Å². The van der Waals surface area contributed by atoms with E-state index in [1.165, 1.54) is 6.07 Å². The normalized spacial score (nSPS) is 10.9. The summed E-state index contributed by atoms with van der Waals surface area (Å²) in [5.74, 6) is 0.416. The zero-order valence-corrected chi connectivity index (χ0v) is 8.78. The molecule has 0 amide bonds. The van der Waals surface area contributed by atoms with Gasteiger partial charge < -0.3 is 0 Å². The third-order valence-corrected chi connectivity index (χ3v) is 2.43. The van der Waals surface area contributed by atoms with E-state index in [4.69, 9.17) is 0 Å². The van der Waals surface area contributed by atoms with Gasteiger partial charge in [-0.05, 0) is 27.6 Å². The third kappa shape index (κ3) is 2.35. The van der Waals surface area contributed by atoms with Gasteiger partial charge in [-0.1, -0.05) is 24.3 Å². The molecule has 0 unspecified atom stereocenters. The van der Waals surface area contributed by atoms with Crippen LogP contribution >= 0.6 is 28.6 Å². The van der Waals surface area contributed by atoms with E-state index in [0.717, 1.165) is 5.56 Å². The predicted octanol–water partition coefficient (Wildman–Crippen LogP) is 3.53. The molecule has 0 bridgehead atoms. The highest BCUT2D eigenvalue weighted by atomic mass is 79.9. The van der Waals surface area contributed by atoms with Crippen LogP contribution in [-0.4, -0.2) is 5.75 Å². The van der Waals surface area contributed by atoms with E-state index < -0.39 is 0 Å². The first kappa shape index (κ1) is 9.81. The quantitative estimate of drug-likeness (QED) is 0.759. The summed E-state index contributed by atoms with van der Waals surface area (Å²) in [6.45, 7) is 0. The van der Waals surface area contributed by atoms with Crippen molar-refractivity contribution in [2.24, 2.45) is 0 Å². The van der Waals surface area contributed by atoms with Crippen LogP contribution in [0.2, 0.25) is 0 Å². The second-order valence-electron chi connectivity index (χ2n) is 2.23. The molecule has 0 N–H and O–H groups in total. The van der Waals surface area contributed by atoms with Crippen LogP contribution in [0.5, 0.6) is 0 Å². The molecule has 1 aromatic rings. The second-order valence-corrected chi connectivity index (χ2v) is 3.39. The van der Waals surface area contributed by atoms with Crippen LogP contribution in [0.3, 0.4) is 0 Å². The predicted molar refractivity (Wildman–Crippen MR) is 57.0 cm³/mol. The van der Waals surface area contributed by atoms with Gasteiger partial charge in [0.1, 0.15) is 5.82 Å². The molecule has 0 aliphatic rings. The first-order valence-corrected chi connectivity index (χ1v) is 4.89. The fourth-order valence-corrected chi connectivity index (χ4v) is 1.33. The van der Waals surface area contributed by atoms with Gasteiger partial charge in [-0.3, -0.25) is 0 Å². The van der Waals surface area contributed by atoms with Crippen molar-refractivity contribution in [1.29, 1.82) is 0 Å². The Morgan fingerprint density at radius 3 is 2.92 bits per heavy atom. The van der Waals surface area contributed by atoms with Crippen molar-refractivity contribution in [2.45, 2.75) is 0 Å². The molecule has 0 aliphatic heterocycles. The van der Waals surface area contributed by atoms with Gasteiger partial charge in [-0.15, -0.1) is 0 Å². The molecule has 0 aromatic heterocycles. The lowest BCUT2D eigenvalue weighted by Crippen LogP contribution is -1.80. The SMILES string of the molecule is Fc1cccc(C=CCS)c1Br. The van der Waals surface area contributed by atoms with Crippen LogP contribution in [-0.2, 0) is 0 Å². The monoisotopic (exact) mass is 246 g/mol. The summed E-state index contributed by atoms with van der Waals surface area (Å²) in [5.41, 5.74) is 0.837. The standard InChI is InChI=1S/C9H8BrFS/c10-9-7(4-2-6-12)3-1-5-8(9)11/h1-5,12H,6H2. The largest absolute Gasteiger partial charge is 0.206 e. The van der Waals surface area contributed by atoms with Crippen molar-refractivity contribution in [3.05, 3.63) is 40.1 Å². The summed E-state index contributed by atoms with van der Waals surface area (Å²) < 4.78 is 13.4. The molecule has 3 heteroatoms. The van der Waals surface area contributed by atoms with Gasteiger partial charge in [0.05, 0.1) is 4.47 Å². The second kappa shape index (κ2) is 4.67. The van der Waals surface area contributed by atoms with Crippen LogP contribution in [0, 0.1) is 5.82 Å². The third-order valence-electron chi connectivity index (χ3n) is 1.38. The van der Waals surface area contributed by atoms with Crippen molar-refractivity contribution in [1.82, 2.24) is 0 Å². The smallest absolute Gasteiger partial charge is 0.137 e. The maximum Gasteiger partial charge on any atom is 0.137 e. The molecule has 0 radical (unpaired) electrons. The molecule has 0 aliphatic carbocycles. The van der Waals surface area contributed by atoms with E-state index in [0.29, 0.717) is 10.2 Å². The molecule has 0 fully saturated rings. The molecular formula is C9H8BrFS. The van der Waals surface area contributed by atoms with Crippen molar-refractivity contribution in [3.63, 3.8) is 0 Å². The van der Waals surface area contributed by atoms with Gasteiger partial charge in [-0.25, -0.2) is 4.39 Å². The molecule has 0 atom stereocenters. The molecule has 0 nitrogen and oxygen atoms in total. The number of hydrogen-bond acceptors (Lipinski definition) is 1. The first-order valence-electron chi connectivity index (χ1n) is 3.47. The molecule has 0 saturated carbocycles. The van der Waals surface area contributed by atoms with Crippen molar-refractivity contribution < 1.29 is 4.39 Å². The average molecular weight is 247 g/mol. The van der Waals surface area contributed by atoms with E-state index >= 15 is 0 Å². The van der Waals surface area contributed by atoms with Crippen LogP contribution in [0.15, 0.2) is 28.7 Å². The minimum atomic E-state index is -0.240. The fraction of sp³-hybridized carbons (Fsp3) is 0.111. The van der Waals surface area contributed by atoms with Crippen LogP contribution in [0.25, 0.3) is 6.08 Å². The Kier molecular flexibility index (Phi) is 3.82. The van der Waals surface area contributed by atoms with Gasteiger partial charge in [0.15, 0.2) is 0 Å². The fourth-order valence-electron chi connectivity index (χ4n) is 0.829. The van der Waals surface area contributed by atoms with E-state index in [1.807, 2.05) is 18.2 Å². The Labute approximate surface area is 85.0 Å². The highest BCUT2D eigenvalue weighted by Crippen LogP contribution is 2.21. The number of benzene rings is 1. The summed E-state index contributed by atoms with van der Waals surface area (Å²) in [4.78, 5) is 0. The maximum absolute atomic E-state index is 12.9. The Hall–Kier alpha value is -0.280. The highest BCUT2D eigenvalue weighted by molar-refractivity contribution is 9.10. The number of rotatable bonds is 2. The number of halogens is 2. The van der Waals surface area contributed by atoms with Crippen molar-refractivity contribution in [2.75, 3.05) is 5.75 Å². The van der Waals surface area contributed by atoms with Gasteiger partial charge in [0, 0.05) is 5.75 Å². The summed E-state index contributed by atoms with van der Waals surface area (Å²) in [6.07, 6.45) is 3.70. The lowest BCUT2D eigenvalue weighted by atomic mass is 10.2. The lowest BCUT2D eigenvalue weighted by Gasteiger charge is -1.98. The van der Waals surface area contributed by atoms with E-state index in [9.17, 15) is 4.39 Å². The maximum atomic E-state index is 12.9. The molecule has 0 heterocycles. The summed E-state index contributed by atoms with van der Waals surface area (Å²) in [6, 6.07) is 4.94. The highest BCUT2D eigenvalue weighted by Gasteiger charge is 2.00. The lowest BCUT2D eigenvalue weighted by molar-refractivity contribution is 0.621. The first-order chi connectivity index (χ1) is 5.75. The van der Waals surface area contributed by atoms with E-state index in [-0.39, 0.29) is 5.82 Å². The van der Waals surface area contributed by atoms with E-state index in [2.05, 4.69) is 28.6 Å². The van der Waals surface area contributed by atoms with Crippen LogP contribution in [0.4, 0.5) is 4.39 Å². The molecule has 1 aromatic carbocycles. The molecule has 0 saturated heterocycles. The summed E-state index contributed by atoms with van der Waals surface area (Å²) in [5, 5.41) is 0. The van der Waals surface area contributed by atoms with E-state index in [1.54, 1.807) is 6.07 Å². The van der Waals surface area contributed by atoms with Gasteiger partial charge in [0.2, 0.25) is 0 Å². The number of thiol groups is 1. The van der Waals surface area contributed by atoms with Crippen LogP contribution in [0.1, 0.15) is 5.56 Å². The molecular weight excluding hydrogens is 239 g/mol. The molecule has 0 spiro atoms. The summed E-state index contributed by atoms with van der Waals surface area (Å²) in [7, 11) is 0. The summed E-state index contributed by atoms with van der Waals surface area (Å²) >= 11 is 7.17. The molecule has 12 heavy (non-hydrogen) atoms. The Morgan fingerprint density at radius 1 is 1.50 bits per heavy atom. The van der Waals surface area contributed by atoms with Gasteiger partial charge in [0.25, 0.3) is 0 Å². The Morgan fingerprint density at radius 2 is 2.25 bits per heavy atom. The Bertz CT molecular complexity index is 297. The minimum absolute atomic E-state index is 0.240. The van der Waals surface area contributed by atoms with Gasteiger partial charge >= 0.3 is 0 Å². The van der Waals surface area contributed by atoms with Crippen molar-refractivity contribution >= 4 is 34.6 Å². The molecule has 1 rings (SSSR count). The topological polar surface area (TPSA) is 0 Å². The average Bonchev–Trinajstić information content (AvgIpc) is 2.08. The Balaban J connectivity index is 3.00. The zero-order valence-electron chi connectivity index (χ0n) is 6.30. The molecule has 64 valence electrons. The van der Waals surface area contributed by atoms with Gasteiger partial charge in [-0.2, -0.15) is 12.6 Å².